The van der Waals surface area contributed by atoms with Gasteiger partial charge >= 0.3 is 0 Å². The molecule has 0 aliphatic carbocycles. The first-order chi connectivity index (χ1) is 7.78. The number of methoxy groups -OCH3 is 2. The van der Waals surface area contributed by atoms with Crippen molar-refractivity contribution in [3.05, 3.63) is 0 Å². The highest BCUT2D eigenvalue weighted by molar-refractivity contribution is 4.70. The first-order valence-corrected chi connectivity index (χ1v) is 6.22. The predicted molar refractivity (Wildman–Crippen MR) is 67.9 cm³/mol. The van der Waals surface area contributed by atoms with Gasteiger partial charge in [-0.1, -0.05) is 13.8 Å². The molecule has 0 aliphatic rings. The number of rotatable bonds is 11. The topological polar surface area (TPSA) is 33.7 Å². The zero-order valence-corrected chi connectivity index (χ0v) is 11.3. The SMILES string of the molecule is CCNC(CC)CN(CCOC)CCOC. The van der Waals surface area contributed by atoms with Crippen LogP contribution in [0.5, 0.6) is 0 Å². The summed E-state index contributed by atoms with van der Waals surface area (Å²) in [7, 11) is 3.49. The van der Waals surface area contributed by atoms with E-state index in [1.54, 1.807) is 14.2 Å². The van der Waals surface area contributed by atoms with Crippen LogP contribution in [-0.4, -0.2) is 64.6 Å². The van der Waals surface area contributed by atoms with E-state index in [-0.39, 0.29) is 0 Å². The lowest BCUT2D eigenvalue weighted by Crippen LogP contribution is -2.43. The maximum Gasteiger partial charge on any atom is 0.0589 e. The van der Waals surface area contributed by atoms with Crippen LogP contribution in [0.3, 0.4) is 0 Å². The van der Waals surface area contributed by atoms with Crippen LogP contribution >= 0.6 is 0 Å². The molecule has 1 atom stereocenters. The highest BCUT2D eigenvalue weighted by Crippen LogP contribution is 1.97. The van der Waals surface area contributed by atoms with Gasteiger partial charge in [-0.25, -0.2) is 0 Å². The third-order valence-corrected chi connectivity index (χ3v) is 2.69. The highest BCUT2D eigenvalue weighted by Gasteiger charge is 2.11. The minimum Gasteiger partial charge on any atom is -0.383 e. The minimum absolute atomic E-state index is 0.568. The summed E-state index contributed by atoms with van der Waals surface area (Å²) < 4.78 is 10.2. The fourth-order valence-electron chi connectivity index (χ4n) is 1.67. The first-order valence-electron chi connectivity index (χ1n) is 6.22. The van der Waals surface area contributed by atoms with Crippen molar-refractivity contribution in [3.63, 3.8) is 0 Å². The summed E-state index contributed by atoms with van der Waals surface area (Å²) in [6.07, 6.45) is 1.16. The summed E-state index contributed by atoms with van der Waals surface area (Å²) in [4.78, 5) is 2.39. The molecule has 16 heavy (non-hydrogen) atoms. The molecule has 0 radical (unpaired) electrons. The predicted octanol–water partition coefficient (Wildman–Crippen LogP) is 0.969. The number of nitrogens with zero attached hydrogens (tertiary/aromatic N) is 1. The first kappa shape index (κ1) is 15.8. The molecule has 1 N–H and O–H groups in total. The largest absolute Gasteiger partial charge is 0.383 e. The van der Waals surface area contributed by atoms with Crippen molar-refractivity contribution < 1.29 is 9.47 Å². The molecule has 4 heteroatoms. The quantitative estimate of drug-likeness (QED) is 0.575. The smallest absolute Gasteiger partial charge is 0.0589 e. The van der Waals surface area contributed by atoms with Gasteiger partial charge in [0.2, 0.25) is 0 Å². The van der Waals surface area contributed by atoms with Crippen LogP contribution in [0.2, 0.25) is 0 Å². The van der Waals surface area contributed by atoms with Gasteiger partial charge < -0.3 is 14.8 Å². The number of ether oxygens (including phenoxy) is 2. The fourth-order valence-corrected chi connectivity index (χ4v) is 1.67. The monoisotopic (exact) mass is 232 g/mol. The summed E-state index contributed by atoms with van der Waals surface area (Å²) in [5.74, 6) is 0. The summed E-state index contributed by atoms with van der Waals surface area (Å²) >= 11 is 0. The van der Waals surface area contributed by atoms with E-state index < -0.39 is 0 Å². The van der Waals surface area contributed by atoms with E-state index in [4.69, 9.17) is 9.47 Å². The Morgan fingerprint density at radius 2 is 1.62 bits per heavy atom. The van der Waals surface area contributed by atoms with Gasteiger partial charge in [-0.15, -0.1) is 0 Å². The second-order valence-corrected chi connectivity index (χ2v) is 3.95. The van der Waals surface area contributed by atoms with Crippen LogP contribution in [-0.2, 0) is 9.47 Å². The van der Waals surface area contributed by atoms with Crippen LogP contribution in [0.4, 0.5) is 0 Å². The molecule has 1 unspecified atom stereocenters. The van der Waals surface area contributed by atoms with Crippen molar-refractivity contribution in [1.29, 1.82) is 0 Å². The summed E-state index contributed by atoms with van der Waals surface area (Å²) in [6, 6.07) is 0.568. The average molecular weight is 232 g/mol. The Hall–Kier alpha value is -0.160. The van der Waals surface area contributed by atoms with Crippen molar-refractivity contribution >= 4 is 0 Å². The van der Waals surface area contributed by atoms with Gasteiger partial charge in [0.25, 0.3) is 0 Å². The van der Waals surface area contributed by atoms with Crippen LogP contribution in [0.1, 0.15) is 20.3 Å². The Balaban J connectivity index is 3.94. The molecule has 0 aromatic heterocycles. The van der Waals surface area contributed by atoms with Crippen molar-refractivity contribution in [1.82, 2.24) is 10.2 Å². The van der Waals surface area contributed by atoms with Gasteiger partial charge in [0.05, 0.1) is 13.2 Å². The Kier molecular flexibility index (Phi) is 11.2. The van der Waals surface area contributed by atoms with Gasteiger partial charge in [0, 0.05) is 39.9 Å². The Bertz CT molecular complexity index is 137. The maximum atomic E-state index is 5.12. The molecular weight excluding hydrogens is 204 g/mol. The van der Waals surface area contributed by atoms with E-state index in [9.17, 15) is 0 Å². The van der Waals surface area contributed by atoms with Gasteiger partial charge in [-0.05, 0) is 13.0 Å². The molecule has 0 amide bonds. The number of hydrogen-bond acceptors (Lipinski definition) is 4. The highest BCUT2D eigenvalue weighted by atomic mass is 16.5. The molecule has 0 saturated carbocycles. The average Bonchev–Trinajstić information content (AvgIpc) is 2.31. The number of nitrogens with one attached hydrogen (secondary N) is 1. The number of likely N-dealkylation sites (N-methyl/N-ethyl adjacent to an activating group) is 1. The number of hydrogen-bond donors (Lipinski definition) is 1. The Morgan fingerprint density at radius 1 is 1.06 bits per heavy atom. The summed E-state index contributed by atoms with van der Waals surface area (Å²) in [5.41, 5.74) is 0. The molecule has 0 rings (SSSR count). The van der Waals surface area contributed by atoms with Crippen LogP contribution < -0.4 is 5.32 Å². The molecule has 0 bridgehead atoms. The van der Waals surface area contributed by atoms with Crippen LogP contribution in [0.15, 0.2) is 0 Å². The third-order valence-electron chi connectivity index (χ3n) is 2.69. The van der Waals surface area contributed by atoms with Crippen LogP contribution in [0, 0.1) is 0 Å². The van der Waals surface area contributed by atoms with Gasteiger partial charge in [-0.2, -0.15) is 0 Å². The molecule has 0 saturated heterocycles. The molecule has 0 aliphatic heterocycles. The fraction of sp³-hybridized carbons (Fsp3) is 1.00. The maximum absolute atomic E-state index is 5.12. The second kappa shape index (κ2) is 11.3. The molecular formula is C12H28N2O2. The molecule has 98 valence electrons. The molecule has 0 spiro atoms. The molecule has 0 heterocycles. The van der Waals surface area contributed by atoms with Crippen molar-refractivity contribution in [2.24, 2.45) is 0 Å². The van der Waals surface area contributed by atoms with Gasteiger partial charge in [0.1, 0.15) is 0 Å². The summed E-state index contributed by atoms with van der Waals surface area (Å²) in [6.45, 7) is 9.98. The van der Waals surface area contributed by atoms with E-state index >= 15 is 0 Å². The lowest BCUT2D eigenvalue weighted by molar-refractivity contribution is 0.107. The Labute approximate surface area is 100 Å². The minimum atomic E-state index is 0.568. The van der Waals surface area contributed by atoms with E-state index in [0.717, 1.165) is 45.8 Å². The van der Waals surface area contributed by atoms with Crippen molar-refractivity contribution in [3.8, 4) is 0 Å². The standard InChI is InChI=1S/C12H28N2O2/c1-5-12(13-6-2)11-14(7-9-15-3)8-10-16-4/h12-13H,5-11H2,1-4H3. The lowest BCUT2D eigenvalue weighted by Gasteiger charge is -2.27. The Morgan fingerprint density at radius 3 is 2.00 bits per heavy atom. The van der Waals surface area contributed by atoms with Crippen molar-refractivity contribution in [2.45, 2.75) is 26.3 Å². The molecule has 0 aromatic carbocycles. The third kappa shape index (κ3) is 8.05. The normalized spacial score (nSPS) is 13.3. The molecule has 0 fully saturated rings. The molecule has 4 nitrogen and oxygen atoms in total. The van der Waals surface area contributed by atoms with E-state index in [1.807, 2.05) is 0 Å². The zero-order chi connectivity index (χ0) is 12.2. The van der Waals surface area contributed by atoms with E-state index in [2.05, 4.69) is 24.1 Å². The van der Waals surface area contributed by atoms with Crippen LogP contribution in [0.25, 0.3) is 0 Å². The molecule has 0 aromatic rings. The van der Waals surface area contributed by atoms with E-state index in [0.29, 0.717) is 6.04 Å². The zero-order valence-electron chi connectivity index (χ0n) is 11.3. The van der Waals surface area contributed by atoms with Gasteiger partial charge in [0.15, 0.2) is 0 Å². The second-order valence-electron chi connectivity index (χ2n) is 3.95. The van der Waals surface area contributed by atoms with E-state index in [1.165, 1.54) is 0 Å². The van der Waals surface area contributed by atoms with Gasteiger partial charge in [-0.3, -0.25) is 4.90 Å². The summed E-state index contributed by atoms with van der Waals surface area (Å²) in [5, 5.41) is 3.49. The van der Waals surface area contributed by atoms with Crippen molar-refractivity contribution in [2.75, 3.05) is 53.6 Å². The lowest BCUT2D eigenvalue weighted by atomic mass is 10.2.